The summed E-state index contributed by atoms with van der Waals surface area (Å²) in [6.07, 6.45) is 3.16. The van der Waals surface area contributed by atoms with Gasteiger partial charge in [-0.2, -0.15) is 0 Å². The van der Waals surface area contributed by atoms with Gasteiger partial charge in [0.2, 0.25) is 0 Å². The molecular weight excluding hydrogens is 254 g/mol. The summed E-state index contributed by atoms with van der Waals surface area (Å²) in [7, 11) is 0. The maximum Gasteiger partial charge on any atom is 0.122 e. The van der Waals surface area contributed by atoms with Gasteiger partial charge in [0.25, 0.3) is 0 Å². The first-order valence-electron chi connectivity index (χ1n) is 6.93. The third-order valence-electron chi connectivity index (χ3n) is 3.92. The van der Waals surface area contributed by atoms with Gasteiger partial charge in [0.05, 0.1) is 11.6 Å². The second kappa shape index (κ2) is 5.49. The van der Waals surface area contributed by atoms with Crippen LogP contribution in [0.3, 0.4) is 0 Å². The van der Waals surface area contributed by atoms with E-state index in [1.165, 1.54) is 24.0 Å². The highest BCUT2D eigenvalue weighted by Crippen LogP contribution is 2.49. The van der Waals surface area contributed by atoms with Crippen molar-refractivity contribution in [3.05, 3.63) is 29.3 Å². The number of aryl methyl sites for hydroxylation is 1. The lowest BCUT2D eigenvalue weighted by molar-refractivity contribution is 0.237. The molecule has 0 amide bonds. The van der Waals surface area contributed by atoms with Gasteiger partial charge in [-0.3, -0.25) is 0 Å². The van der Waals surface area contributed by atoms with Gasteiger partial charge >= 0.3 is 0 Å². The molecule has 2 rings (SSSR count). The number of hydrogen-bond acceptors (Lipinski definition) is 2. The van der Waals surface area contributed by atoms with Crippen molar-refractivity contribution in [2.75, 3.05) is 6.61 Å². The Morgan fingerprint density at radius 3 is 2.63 bits per heavy atom. The number of hydrogen-bond donors (Lipinski definition) is 1. The molecule has 0 bridgehead atoms. The SMILES string of the molecule is Cc1ccc(C(C)C)cc1OCC1(CC(N)=S)CC1. The predicted octanol–water partition coefficient (Wildman–Crippen LogP) is 3.95. The maximum absolute atomic E-state index is 6.04. The summed E-state index contributed by atoms with van der Waals surface area (Å²) in [6, 6.07) is 6.48. The van der Waals surface area contributed by atoms with Crippen LogP contribution in [0.4, 0.5) is 0 Å². The quantitative estimate of drug-likeness (QED) is 0.800. The molecule has 0 unspecified atom stereocenters. The van der Waals surface area contributed by atoms with Gasteiger partial charge in [-0.15, -0.1) is 0 Å². The molecule has 0 radical (unpaired) electrons. The normalized spacial score (nSPS) is 16.4. The van der Waals surface area contributed by atoms with Crippen molar-refractivity contribution in [1.82, 2.24) is 0 Å². The molecule has 19 heavy (non-hydrogen) atoms. The van der Waals surface area contributed by atoms with Crippen molar-refractivity contribution >= 4 is 17.2 Å². The zero-order valence-electron chi connectivity index (χ0n) is 12.0. The third-order valence-corrected chi connectivity index (χ3v) is 4.06. The van der Waals surface area contributed by atoms with Gasteiger partial charge < -0.3 is 10.5 Å². The molecule has 0 spiro atoms. The van der Waals surface area contributed by atoms with Crippen LogP contribution < -0.4 is 10.5 Å². The summed E-state index contributed by atoms with van der Waals surface area (Å²) in [5.74, 6) is 1.52. The van der Waals surface area contributed by atoms with Gasteiger partial charge in [0, 0.05) is 11.8 Å². The Hall–Kier alpha value is -1.09. The number of ether oxygens (including phenoxy) is 1. The lowest BCUT2D eigenvalue weighted by Crippen LogP contribution is -2.21. The summed E-state index contributed by atoms with van der Waals surface area (Å²) in [5.41, 5.74) is 8.38. The van der Waals surface area contributed by atoms with Crippen LogP contribution in [0, 0.1) is 12.3 Å². The van der Waals surface area contributed by atoms with E-state index in [-0.39, 0.29) is 5.41 Å². The molecule has 3 heteroatoms. The van der Waals surface area contributed by atoms with Gasteiger partial charge in [-0.1, -0.05) is 38.2 Å². The number of rotatable bonds is 6. The fourth-order valence-corrected chi connectivity index (χ4v) is 2.59. The number of nitrogens with two attached hydrogens (primary N) is 1. The number of thiocarbonyl (C=S) groups is 1. The van der Waals surface area contributed by atoms with Crippen LogP contribution in [0.2, 0.25) is 0 Å². The first-order chi connectivity index (χ1) is 8.92. The van der Waals surface area contributed by atoms with Crippen molar-refractivity contribution in [2.45, 2.75) is 46.0 Å². The van der Waals surface area contributed by atoms with Gasteiger partial charge in [0.15, 0.2) is 0 Å². The first kappa shape index (κ1) is 14.3. The molecule has 0 aliphatic heterocycles. The zero-order chi connectivity index (χ0) is 14.0. The topological polar surface area (TPSA) is 35.2 Å². The lowest BCUT2D eigenvalue weighted by Gasteiger charge is -2.18. The number of benzene rings is 1. The second-order valence-corrected chi connectivity index (χ2v) is 6.64. The van der Waals surface area contributed by atoms with Gasteiger partial charge in [0.1, 0.15) is 5.75 Å². The van der Waals surface area contributed by atoms with E-state index in [1.807, 2.05) is 0 Å². The summed E-state index contributed by atoms with van der Waals surface area (Å²) < 4.78 is 6.04. The van der Waals surface area contributed by atoms with Crippen molar-refractivity contribution in [2.24, 2.45) is 11.1 Å². The van der Waals surface area contributed by atoms with Crippen molar-refractivity contribution in [3.63, 3.8) is 0 Å². The Balaban J connectivity index is 2.03. The highest BCUT2D eigenvalue weighted by molar-refractivity contribution is 7.80. The highest BCUT2D eigenvalue weighted by Gasteiger charge is 2.43. The first-order valence-corrected chi connectivity index (χ1v) is 7.34. The molecule has 1 fully saturated rings. The Morgan fingerprint density at radius 2 is 2.11 bits per heavy atom. The molecule has 0 heterocycles. The van der Waals surface area contributed by atoms with E-state index >= 15 is 0 Å². The van der Waals surface area contributed by atoms with E-state index < -0.39 is 0 Å². The molecule has 1 aliphatic rings. The molecule has 0 saturated heterocycles. The molecule has 1 aliphatic carbocycles. The lowest BCUT2D eigenvalue weighted by atomic mass is 10.0. The molecule has 1 saturated carbocycles. The molecule has 2 N–H and O–H groups in total. The predicted molar refractivity (Wildman–Crippen MR) is 83.8 cm³/mol. The molecule has 1 aromatic rings. The smallest absolute Gasteiger partial charge is 0.122 e. The Morgan fingerprint density at radius 1 is 1.42 bits per heavy atom. The Kier molecular flexibility index (Phi) is 4.14. The highest BCUT2D eigenvalue weighted by atomic mass is 32.1. The zero-order valence-corrected chi connectivity index (χ0v) is 12.8. The minimum Gasteiger partial charge on any atom is -0.493 e. The van der Waals surface area contributed by atoms with Crippen molar-refractivity contribution in [3.8, 4) is 5.75 Å². The average Bonchev–Trinajstić information content (AvgIpc) is 3.07. The molecule has 1 aromatic carbocycles. The maximum atomic E-state index is 6.04. The van der Waals surface area contributed by atoms with Gasteiger partial charge in [-0.25, -0.2) is 0 Å². The van der Waals surface area contributed by atoms with Crippen molar-refractivity contribution < 1.29 is 4.74 Å². The van der Waals surface area contributed by atoms with Crippen molar-refractivity contribution in [1.29, 1.82) is 0 Å². The summed E-state index contributed by atoms with van der Waals surface area (Å²) in [4.78, 5) is 0.605. The molecule has 2 nitrogen and oxygen atoms in total. The van der Waals surface area contributed by atoms with E-state index in [9.17, 15) is 0 Å². The largest absolute Gasteiger partial charge is 0.493 e. The molecule has 0 aromatic heterocycles. The van der Waals surface area contributed by atoms with E-state index in [0.29, 0.717) is 10.9 Å². The monoisotopic (exact) mass is 277 g/mol. The van der Waals surface area contributed by atoms with Crippen LogP contribution in [0.1, 0.15) is 50.2 Å². The Labute approximate surface area is 121 Å². The van der Waals surface area contributed by atoms with Gasteiger partial charge in [-0.05, 0) is 42.9 Å². The fourth-order valence-electron chi connectivity index (χ4n) is 2.28. The van der Waals surface area contributed by atoms with E-state index in [1.54, 1.807) is 0 Å². The van der Waals surface area contributed by atoms with E-state index in [0.717, 1.165) is 18.8 Å². The van der Waals surface area contributed by atoms with Crippen LogP contribution in [0.5, 0.6) is 5.75 Å². The fraction of sp³-hybridized carbons (Fsp3) is 0.562. The summed E-state index contributed by atoms with van der Waals surface area (Å²) in [5, 5.41) is 0. The minimum absolute atomic E-state index is 0.214. The summed E-state index contributed by atoms with van der Waals surface area (Å²) in [6.45, 7) is 7.21. The van der Waals surface area contributed by atoms with Crippen LogP contribution >= 0.6 is 12.2 Å². The second-order valence-electron chi connectivity index (χ2n) is 6.11. The van der Waals surface area contributed by atoms with Crippen LogP contribution in [0.25, 0.3) is 0 Å². The van der Waals surface area contributed by atoms with E-state index in [4.69, 9.17) is 22.7 Å². The molecule has 0 atom stereocenters. The molecular formula is C16H23NOS. The van der Waals surface area contributed by atoms with E-state index in [2.05, 4.69) is 39.0 Å². The van der Waals surface area contributed by atoms with Crippen LogP contribution in [-0.4, -0.2) is 11.6 Å². The standard InChI is InChI=1S/C16H23NOS/c1-11(2)13-5-4-12(3)14(8-13)18-10-16(6-7-16)9-15(17)19/h4-5,8,11H,6-7,9-10H2,1-3H3,(H2,17,19). The minimum atomic E-state index is 0.214. The summed E-state index contributed by atoms with van der Waals surface area (Å²) >= 11 is 5.02. The van der Waals surface area contributed by atoms with Crippen LogP contribution in [-0.2, 0) is 0 Å². The molecule has 104 valence electrons. The Bertz CT molecular complexity index is 478. The average molecular weight is 277 g/mol. The third kappa shape index (κ3) is 3.69. The van der Waals surface area contributed by atoms with Crippen LogP contribution in [0.15, 0.2) is 18.2 Å².